The van der Waals surface area contributed by atoms with E-state index < -0.39 is 5.56 Å². The van der Waals surface area contributed by atoms with Crippen LogP contribution in [0.1, 0.15) is 12.6 Å². The number of amides is 1. The second kappa shape index (κ2) is 7.93. The number of azo groups is 1. The first kappa shape index (κ1) is 20.1. The zero-order chi connectivity index (χ0) is 21.4. The topological polar surface area (TPSA) is 82.8 Å². The van der Waals surface area contributed by atoms with Crippen LogP contribution in [0.15, 0.2) is 74.8 Å². The molecule has 7 nitrogen and oxygen atoms in total. The smallest absolute Gasteiger partial charge is 0.299 e. The van der Waals surface area contributed by atoms with Crippen molar-refractivity contribution in [2.75, 3.05) is 11.4 Å². The quantitative estimate of drug-likeness (QED) is 0.565. The number of H-pyrrole nitrogens is 1. The first-order valence-electron chi connectivity index (χ1n) is 9.12. The maximum absolute atomic E-state index is 12.9. The Morgan fingerprint density at radius 2 is 1.73 bits per heavy atom. The van der Waals surface area contributed by atoms with Crippen molar-refractivity contribution >= 4 is 40.5 Å². The summed E-state index contributed by atoms with van der Waals surface area (Å²) in [4.78, 5) is 27.3. The second-order valence-electron chi connectivity index (χ2n) is 6.88. The van der Waals surface area contributed by atoms with E-state index in [0.29, 0.717) is 28.0 Å². The summed E-state index contributed by atoms with van der Waals surface area (Å²) in [5.41, 5.74) is 2.33. The minimum atomic E-state index is -0.441. The first-order chi connectivity index (χ1) is 14.4. The van der Waals surface area contributed by atoms with Crippen LogP contribution >= 0.6 is 23.2 Å². The molecule has 4 rings (SSSR count). The molecule has 3 aromatic rings. The van der Waals surface area contributed by atoms with Crippen molar-refractivity contribution in [2.24, 2.45) is 10.2 Å². The van der Waals surface area contributed by atoms with Gasteiger partial charge in [-0.1, -0.05) is 41.4 Å². The van der Waals surface area contributed by atoms with Gasteiger partial charge < -0.3 is 4.90 Å². The zero-order valence-corrected chi connectivity index (χ0v) is 17.7. The molecular formula is C21H17Cl2N5O2. The summed E-state index contributed by atoms with van der Waals surface area (Å²) in [7, 11) is 0. The Kier molecular flexibility index (Phi) is 5.32. The van der Waals surface area contributed by atoms with Crippen LogP contribution < -0.4 is 10.5 Å². The van der Waals surface area contributed by atoms with Crippen LogP contribution in [0, 0.1) is 6.92 Å². The molecule has 152 valence electrons. The van der Waals surface area contributed by atoms with Gasteiger partial charge >= 0.3 is 0 Å². The van der Waals surface area contributed by atoms with E-state index in [0.717, 1.165) is 11.3 Å². The van der Waals surface area contributed by atoms with E-state index in [-0.39, 0.29) is 17.3 Å². The molecular weight excluding hydrogens is 425 g/mol. The molecule has 1 aliphatic rings. The molecule has 2 heterocycles. The Labute approximate surface area is 182 Å². The molecule has 0 aliphatic carbocycles. The normalized spacial score (nSPS) is 14.4. The highest BCUT2D eigenvalue weighted by Gasteiger charge is 2.29. The lowest BCUT2D eigenvalue weighted by Gasteiger charge is -2.15. The van der Waals surface area contributed by atoms with Crippen molar-refractivity contribution in [1.82, 2.24) is 9.78 Å². The number of nitrogens with one attached hydrogen (secondary N) is 1. The number of hydrogen-bond donors (Lipinski definition) is 1. The van der Waals surface area contributed by atoms with E-state index in [1.54, 1.807) is 30.0 Å². The summed E-state index contributed by atoms with van der Waals surface area (Å²) >= 11 is 12.2. The van der Waals surface area contributed by atoms with Crippen molar-refractivity contribution in [1.29, 1.82) is 0 Å². The van der Waals surface area contributed by atoms with Gasteiger partial charge in [0.1, 0.15) is 0 Å². The van der Waals surface area contributed by atoms with Crippen LogP contribution in [0.4, 0.5) is 11.4 Å². The summed E-state index contributed by atoms with van der Waals surface area (Å²) in [6.45, 7) is 3.94. The van der Waals surface area contributed by atoms with Crippen molar-refractivity contribution in [3.8, 4) is 5.69 Å². The third-order valence-corrected chi connectivity index (χ3v) is 5.31. The molecule has 2 aromatic carbocycles. The van der Waals surface area contributed by atoms with Gasteiger partial charge in [0.2, 0.25) is 0 Å². The van der Waals surface area contributed by atoms with Crippen LogP contribution in [-0.2, 0) is 4.79 Å². The van der Waals surface area contributed by atoms with Gasteiger partial charge in [-0.3, -0.25) is 14.7 Å². The van der Waals surface area contributed by atoms with Gasteiger partial charge in [-0.15, -0.1) is 10.2 Å². The number of carbonyl (C=O) groups excluding carboxylic acids is 1. The van der Waals surface area contributed by atoms with Crippen molar-refractivity contribution in [3.63, 3.8) is 0 Å². The molecule has 1 aliphatic heterocycles. The highest BCUT2D eigenvalue weighted by molar-refractivity contribution is 6.34. The summed E-state index contributed by atoms with van der Waals surface area (Å²) in [5.74, 6) is -0.256. The van der Waals surface area contributed by atoms with E-state index in [4.69, 9.17) is 23.2 Å². The number of aromatic nitrogens is 2. The monoisotopic (exact) mass is 441 g/mol. The molecule has 0 bridgehead atoms. The number of benzene rings is 2. The first-order valence-corrected chi connectivity index (χ1v) is 9.88. The maximum atomic E-state index is 12.9. The lowest BCUT2D eigenvalue weighted by molar-refractivity contribution is -0.114. The number of halogens is 2. The van der Waals surface area contributed by atoms with Crippen LogP contribution in [-0.4, -0.2) is 22.2 Å². The molecule has 0 saturated heterocycles. The molecule has 0 saturated carbocycles. The Balaban J connectivity index is 1.66. The predicted molar refractivity (Wildman–Crippen MR) is 117 cm³/mol. The summed E-state index contributed by atoms with van der Waals surface area (Å²) in [6, 6.07) is 14.1. The molecule has 0 atom stereocenters. The number of aromatic amines is 1. The van der Waals surface area contributed by atoms with Gasteiger partial charge in [-0.25, -0.2) is 4.68 Å². The SMILES string of the molecule is CC1=C(N=Nc2c(C)[nH]n(-c3cc(Cl)ccc3Cl)c2=O)C(=O)N(c2ccccc2)C1. The third kappa shape index (κ3) is 3.58. The van der Waals surface area contributed by atoms with Gasteiger partial charge in [0, 0.05) is 17.3 Å². The number of aryl methyl sites for hydroxylation is 1. The minimum absolute atomic E-state index is 0.0947. The summed E-state index contributed by atoms with van der Waals surface area (Å²) in [5, 5.41) is 11.9. The molecule has 1 amide bonds. The average Bonchev–Trinajstić information content (AvgIpc) is 3.18. The fraction of sp³-hybridized carbons (Fsp3) is 0.143. The van der Waals surface area contributed by atoms with Crippen LogP contribution in [0.25, 0.3) is 5.69 Å². The van der Waals surface area contributed by atoms with Crippen molar-refractivity contribution < 1.29 is 4.79 Å². The minimum Gasteiger partial charge on any atom is -0.303 e. The van der Waals surface area contributed by atoms with E-state index in [1.807, 2.05) is 37.3 Å². The van der Waals surface area contributed by atoms with Crippen LogP contribution in [0.2, 0.25) is 10.0 Å². The largest absolute Gasteiger partial charge is 0.303 e. The van der Waals surface area contributed by atoms with Crippen molar-refractivity contribution in [2.45, 2.75) is 13.8 Å². The Morgan fingerprint density at radius 3 is 2.47 bits per heavy atom. The maximum Gasteiger partial charge on any atom is 0.299 e. The zero-order valence-electron chi connectivity index (χ0n) is 16.2. The molecule has 9 heteroatoms. The lowest BCUT2D eigenvalue weighted by Crippen LogP contribution is -2.26. The third-order valence-electron chi connectivity index (χ3n) is 4.75. The average molecular weight is 442 g/mol. The van der Waals surface area contributed by atoms with Gasteiger partial charge in [-0.2, -0.15) is 0 Å². The molecule has 0 fully saturated rings. The van der Waals surface area contributed by atoms with Gasteiger partial charge in [0.25, 0.3) is 11.5 Å². The lowest BCUT2D eigenvalue weighted by atomic mass is 10.3. The second-order valence-corrected chi connectivity index (χ2v) is 7.72. The molecule has 30 heavy (non-hydrogen) atoms. The van der Waals surface area contributed by atoms with E-state index >= 15 is 0 Å². The molecule has 0 unspecified atom stereocenters. The van der Waals surface area contributed by atoms with E-state index in [2.05, 4.69) is 15.3 Å². The van der Waals surface area contributed by atoms with E-state index in [1.165, 1.54) is 4.68 Å². The Morgan fingerprint density at radius 1 is 1.00 bits per heavy atom. The standard InChI is InChI=1S/C21H17Cl2N5O2/c1-12-11-27(15-6-4-3-5-7-15)20(29)18(12)24-25-19-13(2)26-28(21(19)30)17-10-14(22)8-9-16(17)23/h3-10,26H,11H2,1-2H3. The summed E-state index contributed by atoms with van der Waals surface area (Å²) in [6.07, 6.45) is 0. The highest BCUT2D eigenvalue weighted by Crippen LogP contribution is 2.28. The number of hydrogen-bond acceptors (Lipinski definition) is 4. The molecule has 1 aromatic heterocycles. The molecule has 1 N–H and O–H groups in total. The van der Waals surface area contributed by atoms with Gasteiger partial charge in [0.05, 0.1) is 16.4 Å². The Bertz CT molecular complexity index is 1260. The Hall–Kier alpha value is -3.16. The number of nitrogens with zero attached hydrogens (tertiary/aromatic N) is 4. The number of rotatable bonds is 4. The number of para-hydroxylation sites is 1. The number of anilines is 1. The van der Waals surface area contributed by atoms with Crippen molar-refractivity contribution in [3.05, 3.63) is 85.9 Å². The van der Waals surface area contributed by atoms with Crippen LogP contribution in [0.3, 0.4) is 0 Å². The predicted octanol–water partition coefficient (Wildman–Crippen LogP) is 5.19. The fourth-order valence-corrected chi connectivity index (χ4v) is 3.59. The molecule has 0 radical (unpaired) electrons. The molecule has 0 spiro atoms. The van der Waals surface area contributed by atoms with Gasteiger partial charge in [-0.05, 0) is 49.8 Å². The fourth-order valence-electron chi connectivity index (χ4n) is 3.22. The van der Waals surface area contributed by atoms with E-state index in [9.17, 15) is 9.59 Å². The van der Waals surface area contributed by atoms with Gasteiger partial charge in [0.15, 0.2) is 11.4 Å². The van der Waals surface area contributed by atoms with Crippen LogP contribution in [0.5, 0.6) is 0 Å². The number of carbonyl (C=O) groups is 1. The highest BCUT2D eigenvalue weighted by atomic mass is 35.5. The summed E-state index contributed by atoms with van der Waals surface area (Å²) < 4.78 is 1.26.